The zero-order chi connectivity index (χ0) is 11.0. The summed E-state index contributed by atoms with van der Waals surface area (Å²) in [6.45, 7) is 12.4. The van der Waals surface area contributed by atoms with Crippen LogP contribution in [0.1, 0.15) is 47.5 Å². The van der Waals surface area contributed by atoms with Crippen molar-refractivity contribution in [2.45, 2.75) is 57.5 Å². The molecule has 2 N–H and O–H groups in total. The Hall–Kier alpha value is 0.310. The standard InChI is InChI=1S/C12H25NS/c1-9(2)14-12(8-13)6-10(7-12)11(3,4)5/h9-10H,6-8,13H2,1-5H3. The Labute approximate surface area is 93.2 Å². The maximum atomic E-state index is 5.90. The van der Waals surface area contributed by atoms with E-state index in [0.717, 1.165) is 12.5 Å². The lowest BCUT2D eigenvalue weighted by molar-refractivity contribution is 0.102. The highest BCUT2D eigenvalue weighted by atomic mass is 32.2. The first kappa shape index (κ1) is 12.4. The van der Waals surface area contributed by atoms with E-state index in [1.54, 1.807) is 0 Å². The molecule has 0 aromatic carbocycles. The van der Waals surface area contributed by atoms with E-state index in [2.05, 4.69) is 46.4 Å². The van der Waals surface area contributed by atoms with Crippen molar-refractivity contribution in [1.82, 2.24) is 0 Å². The highest BCUT2D eigenvalue weighted by Crippen LogP contribution is 2.54. The fourth-order valence-corrected chi connectivity index (χ4v) is 3.95. The third-order valence-electron chi connectivity index (χ3n) is 3.32. The molecule has 14 heavy (non-hydrogen) atoms. The van der Waals surface area contributed by atoms with Gasteiger partial charge in [-0.25, -0.2) is 0 Å². The molecule has 1 fully saturated rings. The lowest BCUT2D eigenvalue weighted by Gasteiger charge is -2.52. The van der Waals surface area contributed by atoms with E-state index in [-0.39, 0.29) is 0 Å². The molecule has 0 aliphatic heterocycles. The van der Waals surface area contributed by atoms with Crippen molar-refractivity contribution in [3.05, 3.63) is 0 Å². The summed E-state index contributed by atoms with van der Waals surface area (Å²) in [6.07, 6.45) is 2.63. The topological polar surface area (TPSA) is 26.0 Å². The summed E-state index contributed by atoms with van der Waals surface area (Å²) in [5.41, 5.74) is 6.37. The molecule has 1 aliphatic carbocycles. The summed E-state index contributed by atoms with van der Waals surface area (Å²) in [5.74, 6) is 0.872. The fourth-order valence-electron chi connectivity index (χ4n) is 2.26. The van der Waals surface area contributed by atoms with Crippen molar-refractivity contribution in [3.8, 4) is 0 Å². The summed E-state index contributed by atoms with van der Waals surface area (Å²) < 4.78 is 0.409. The number of nitrogens with two attached hydrogens (primary N) is 1. The molecule has 0 radical (unpaired) electrons. The molecule has 1 saturated carbocycles. The molecule has 1 nitrogen and oxygen atoms in total. The molecule has 0 atom stereocenters. The van der Waals surface area contributed by atoms with E-state index in [4.69, 9.17) is 5.73 Å². The average Bonchev–Trinajstić information content (AvgIpc) is 1.93. The third-order valence-corrected chi connectivity index (χ3v) is 4.79. The molecule has 0 aromatic rings. The van der Waals surface area contributed by atoms with Gasteiger partial charge in [-0.3, -0.25) is 0 Å². The summed E-state index contributed by atoms with van der Waals surface area (Å²) in [7, 11) is 0. The summed E-state index contributed by atoms with van der Waals surface area (Å²) >= 11 is 2.08. The summed E-state index contributed by atoms with van der Waals surface area (Å²) in [4.78, 5) is 0. The van der Waals surface area contributed by atoms with Gasteiger partial charge in [0.2, 0.25) is 0 Å². The van der Waals surface area contributed by atoms with Crippen molar-refractivity contribution in [3.63, 3.8) is 0 Å². The van der Waals surface area contributed by atoms with Crippen LogP contribution in [0.3, 0.4) is 0 Å². The third kappa shape index (κ3) is 2.66. The number of hydrogen-bond acceptors (Lipinski definition) is 2. The SMILES string of the molecule is CC(C)SC1(CN)CC(C(C)(C)C)C1. The molecule has 1 rings (SSSR count). The molecule has 0 aromatic heterocycles. The Balaban J connectivity index is 2.49. The molecule has 84 valence electrons. The van der Waals surface area contributed by atoms with E-state index in [1.165, 1.54) is 12.8 Å². The molecule has 2 heteroatoms. The van der Waals surface area contributed by atoms with E-state index < -0.39 is 0 Å². The van der Waals surface area contributed by atoms with E-state index in [9.17, 15) is 0 Å². The van der Waals surface area contributed by atoms with Gasteiger partial charge < -0.3 is 5.73 Å². The van der Waals surface area contributed by atoms with Crippen LogP contribution in [0, 0.1) is 11.3 Å². The van der Waals surface area contributed by atoms with E-state index in [0.29, 0.717) is 15.4 Å². The molecule has 0 bridgehead atoms. The molecule has 0 spiro atoms. The first-order chi connectivity index (χ1) is 6.29. The van der Waals surface area contributed by atoms with Gasteiger partial charge in [-0.15, -0.1) is 0 Å². The minimum atomic E-state index is 0.409. The second-order valence-electron chi connectivity index (χ2n) is 6.02. The first-order valence-corrected chi connectivity index (χ1v) is 6.55. The molecular formula is C12H25NS. The van der Waals surface area contributed by atoms with Gasteiger partial charge in [-0.1, -0.05) is 34.6 Å². The predicted molar refractivity (Wildman–Crippen MR) is 66.7 cm³/mol. The second kappa shape index (κ2) is 4.05. The highest BCUT2D eigenvalue weighted by Gasteiger charge is 2.48. The second-order valence-corrected chi connectivity index (χ2v) is 8.07. The Kier molecular flexibility index (Phi) is 3.58. The lowest BCUT2D eigenvalue weighted by Crippen LogP contribution is -2.51. The number of rotatable bonds is 3. The molecule has 0 saturated heterocycles. The van der Waals surface area contributed by atoms with Crippen LogP contribution in [0.15, 0.2) is 0 Å². The minimum absolute atomic E-state index is 0.409. The smallest absolute Gasteiger partial charge is 0.0290 e. The van der Waals surface area contributed by atoms with Crippen LogP contribution < -0.4 is 5.73 Å². The van der Waals surface area contributed by atoms with Gasteiger partial charge in [0.15, 0.2) is 0 Å². The number of hydrogen-bond donors (Lipinski definition) is 1. The number of thioether (sulfide) groups is 1. The summed E-state index contributed by atoms with van der Waals surface area (Å²) in [5, 5.41) is 0.708. The Bertz CT molecular complexity index is 187. The van der Waals surface area contributed by atoms with Gasteiger partial charge >= 0.3 is 0 Å². The van der Waals surface area contributed by atoms with Crippen molar-refractivity contribution in [2.24, 2.45) is 17.1 Å². The highest BCUT2D eigenvalue weighted by molar-refractivity contribution is 8.01. The maximum Gasteiger partial charge on any atom is 0.0290 e. The molecular weight excluding hydrogens is 190 g/mol. The summed E-state index contributed by atoms with van der Waals surface area (Å²) in [6, 6.07) is 0. The van der Waals surface area contributed by atoms with Crippen LogP contribution in [0.5, 0.6) is 0 Å². The van der Waals surface area contributed by atoms with E-state index >= 15 is 0 Å². The quantitative estimate of drug-likeness (QED) is 0.782. The van der Waals surface area contributed by atoms with Crippen LogP contribution in [0.4, 0.5) is 0 Å². The Morgan fingerprint density at radius 3 is 2.14 bits per heavy atom. The maximum absolute atomic E-state index is 5.90. The zero-order valence-electron chi connectivity index (χ0n) is 10.3. The monoisotopic (exact) mass is 215 g/mol. The van der Waals surface area contributed by atoms with E-state index in [1.807, 2.05) is 0 Å². The molecule has 0 amide bonds. The van der Waals surface area contributed by atoms with Crippen molar-refractivity contribution in [1.29, 1.82) is 0 Å². The predicted octanol–water partition coefficient (Wildman–Crippen LogP) is 3.28. The average molecular weight is 215 g/mol. The molecule has 0 unspecified atom stereocenters. The Morgan fingerprint density at radius 1 is 1.36 bits per heavy atom. The van der Waals surface area contributed by atoms with Crippen LogP contribution in [-0.2, 0) is 0 Å². The fraction of sp³-hybridized carbons (Fsp3) is 1.00. The van der Waals surface area contributed by atoms with Gasteiger partial charge in [0.05, 0.1) is 0 Å². The molecule has 1 aliphatic rings. The molecule has 0 heterocycles. The normalized spacial score (nSPS) is 33.2. The first-order valence-electron chi connectivity index (χ1n) is 5.67. The van der Waals surface area contributed by atoms with Crippen molar-refractivity contribution >= 4 is 11.8 Å². The lowest BCUT2D eigenvalue weighted by atomic mass is 9.62. The van der Waals surface area contributed by atoms with Gasteiger partial charge in [0.25, 0.3) is 0 Å². The van der Waals surface area contributed by atoms with Gasteiger partial charge in [0.1, 0.15) is 0 Å². The van der Waals surface area contributed by atoms with Gasteiger partial charge in [0, 0.05) is 11.3 Å². The van der Waals surface area contributed by atoms with Crippen molar-refractivity contribution < 1.29 is 0 Å². The zero-order valence-corrected chi connectivity index (χ0v) is 11.1. The van der Waals surface area contributed by atoms with Crippen molar-refractivity contribution in [2.75, 3.05) is 6.54 Å². The minimum Gasteiger partial charge on any atom is -0.329 e. The Morgan fingerprint density at radius 2 is 1.86 bits per heavy atom. The van der Waals surface area contributed by atoms with Crippen LogP contribution in [0.2, 0.25) is 0 Å². The largest absolute Gasteiger partial charge is 0.329 e. The van der Waals surface area contributed by atoms with Crippen LogP contribution in [0.25, 0.3) is 0 Å². The van der Waals surface area contributed by atoms with Gasteiger partial charge in [-0.05, 0) is 29.4 Å². The van der Waals surface area contributed by atoms with Gasteiger partial charge in [-0.2, -0.15) is 11.8 Å². The van der Waals surface area contributed by atoms with Crippen LogP contribution >= 0.6 is 11.8 Å². The van der Waals surface area contributed by atoms with Crippen LogP contribution in [-0.4, -0.2) is 16.5 Å².